The molecule has 2 atom stereocenters. The number of amides is 3. The number of hydrogen-bond acceptors (Lipinski definition) is 4. The molecule has 0 spiro atoms. The van der Waals surface area contributed by atoms with Crippen molar-refractivity contribution in [1.29, 1.82) is 0 Å². The van der Waals surface area contributed by atoms with E-state index in [9.17, 15) is 14.4 Å². The minimum Gasteiger partial charge on any atom is -0.344 e. The summed E-state index contributed by atoms with van der Waals surface area (Å²) in [5, 5.41) is 9.49. The van der Waals surface area contributed by atoms with Crippen LogP contribution in [0, 0.1) is 5.92 Å². The third-order valence-corrected chi connectivity index (χ3v) is 7.72. The van der Waals surface area contributed by atoms with Crippen LogP contribution in [0.3, 0.4) is 0 Å². The van der Waals surface area contributed by atoms with Gasteiger partial charge in [-0.1, -0.05) is 68.7 Å². The third kappa shape index (κ3) is 8.42. The molecule has 1 saturated carbocycles. The topological polar surface area (TPSA) is 90.5 Å². The Bertz CT molecular complexity index is 1050. The van der Waals surface area contributed by atoms with E-state index in [2.05, 4.69) is 28.1 Å². The number of nitrogens with one attached hydrogen (secondary N) is 3. The highest BCUT2D eigenvalue weighted by atomic mass is 16.2. The quantitative estimate of drug-likeness (QED) is 0.442. The maximum atomic E-state index is 13.6. The maximum Gasteiger partial charge on any atom is 0.245 e. The van der Waals surface area contributed by atoms with E-state index in [-0.39, 0.29) is 23.8 Å². The summed E-state index contributed by atoms with van der Waals surface area (Å²) in [5.74, 6) is 0.382. The molecule has 2 aromatic carbocycles. The zero-order valence-corrected chi connectivity index (χ0v) is 22.6. The molecule has 1 aliphatic carbocycles. The van der Waals surface area contributed by atoms with Crippen molar-refractivity contribution in [3.8, 4) is 0 Å². The maximum absolute atomic E-state index is 13.6. The number of carbonyl (C=O) groups excluding carboxylic acids is 3. The molecule has 1 saturated heterocycles. The first kappa shape index (κ1) is 27.8. The fourth-order valence-corrected chi connectivity index (χ4v) is 5.60. The summed E-state index contributed by atoms with van der Waals surface area (Å²) in [5.41, 5.74) is 2.95. The molecular formula is C31H42N4O3. The predicted molar refractivity (Wildman–Crippen MR) is 151 cm³/mol. The van der Waals surface area contributed by atoms with Crippen LogP contribution >= 0.6 is 0 Å². The summed E-state index contributed by atoms with van der Waals surface area (Å²) < 4.78 is 0. The molecule has 1 aliphatic heterocycles. The molecule has 0 radical (unpaired) electrons. The Hall–Kier alpha value is -3.19. The molecule has 204 valence electrons. The molecule has 0 unspecified atom stereocenters. The molecule has 2 aliphatic rings. The molecule has 0 aromatic heterocycles. The van der Waals surface area contributed by atoms with E-state index in [4.69, 9.17) is 0 Å². The zero-order valence-electron chi connectivity index (χ0n) is 22.6. The van der Waals surface area contributed by atoms with Crippen molar-refractivity contribution in [2.75, 3.05) is 25.0 Å². The van der Waals surface area contributed by atoms with Crippen LogP contribution in [0.1, 0.15) is 63.0 Å². The van der Waals surface area contributed by atoms with Gasteiger partial charge in [-0.2, -0.15) is 0 Å². The summed E-state index contributed by atoms with van der Waals surface area (Å²) in [7, 11) is 0. The van der Waals surface area contributed by atoms with Gasteiger partial charge in [0.15, 0.2) is 0 Å². The van der Waals surface area contributed by atoms with E-state index in [0.717, 1.165) is 37.1 Å². The van der Waals surface area contributed by atoms with Crippen molar-refractivity contribution in [2.45, 2.75) is 76.8 Å². The Morgan fingerprint density at radius 3 is 2.39 bits per heavy atom. The Morgan fingerprint density at radius 2 is 1.68 bits per heavy atom. The Kier molecular flexibility index (Phi) is 10.3. The average Bonchev–Trinajstić information content (AvgIpc) is 2.94. The molecule has 3 amide bonds. The Morgan fingerprint density at radius 1 is 0.947 bits per heavy atom. The second-order valence-corrected chi connectivity index (χ2v) is 10.8. The highest BCUT2D eigenvalue weighted by Gasteiger charge is 2.30. The van der Waals surface area contributed by atoms with Crippen LogP contribution in [0.15, 0.2) is 54.6 Å². The summed E-state index contributed by atoms with van der Waals surface area (Å²) in [6.45, 7) is 3.75. The van der Waals surface area contributed by atoms with Gasteiger partial charge in [0.05, 0.1) is 0 Å². The van der Waals surface area contributed by atoms with Gasteiger partial charge in [-0.25, -0.2) is 0 Å². The van der Waals surface area contributed by atoms with Crippen LogP contribution < -0.4 is 16.0 Å². The number of carbonyl (C=O) groups is 3. The minimum absolute atomic E-state index is 0.0452. The molecule has 4 rings (SSSR count). The van der Waals surface area contributed by atoms with Gasteiger partial charge in [0.25, 0.3) is 0 Å². The summed E-state index contributed by atoms with van der Waals surface area (Å²) >= 11 is 0. The van der Waals surface area contributed by atoms with Crippen molar-refractivity contribution in [1.82, 2.24) is 15.5 Å². The first-order chi connectivity index (χ1) is 18.5. The second kappa shape index (κ2) is 14.1. The lowest BCUT2D eigenvalue weighted by atomic mass is 9.87. The van der Waals surface area contributed by atoms with Crippen molar-refractivity contribution in [2.24, 2.45) is 5.92 Å². The standard InChI is InChI=1S/C31H42N4O3/c1-2-29(36)34-28(31(38)35-18-17-32-27(22-35)19-23-9-5-3-6-10-23)20-25-13-15-26(16-14-25)33-30(37)21-24-11-7-4-8-12-24/h3,5-6,9-10,13-16,24,27-28,32H,2,4,7-8,11-12,17-22H2,1H3,(H,33,37)(H,34,36)/t27-,28+/m0/s1. The van der Waals surface area contributed by atoms with Crippen molar-refractivity contribution >= 4 is 23.4 Å². The van der Waals surface area contributed by atoms with Gasteiger partial charge >= 0.3 is 0 Å². The van der Waals surface area contributed by atoms with Gasteiger partial charge in [-0.3, -0.25) is 14.4 Å². The number of benzene rings is 2. The van der Waals surface area contributed by atoms with Crippen LogP contribution in [-0.2, 0) is 27.2 Å². The van der Waals surface area contributed by atoms with Gasteiger partial charge in [0.1, 0.15) is 6.04 Å². The van der Waals surface area contributed by atoms with E-state index in [1.165, 1.54) is 24.8 Å². The monoisotopic (exact) mass is 518 g/mol. The van der Waals surface area contributed by atoms with Gasteiger partial charge in [-0.05, 0) is 48.4 Å². The van der Waals surface area contributed by atoms with Gasteiger partial charge in [0.2, 0.25) is 17.7 Å². The van der Waals surface area contributed by atoms with Crippen LogP contribution in [0.25, 0.3) is 0 Å². The third-order valence-electron chi connectivity index (χ3n) is 7.72. The summed E-state index contributed by atoms with van der Waals surface area (Å²) in [6, 6.07) is 17.5. The Balaban J connectivity index is 1.35. The van der Waals surface area contributed by atoms with E-state index in [1.54, 1.807) is 6.92 Å². The largest absolute Gasteiger partial charge is 0.344 e. The molecule has 1 heterocycles. The highest BCUT2D eigenvalue weighted by molar-refractivity contribution is 5.91. The lowest BCUT2D eigenvalue weighted by Crippen LogP contribution is -2.58. The minimum atomic E-state index is -0.621. The fraction of sp³-hybridized carbons (Fsp3) is 0.516. The van der Waals surface area contributed by atoms with E-state index in [0.29, 0.717) is 38.3 Å². The van der Waals surface area contributed by atoms with Gasteiger partial charge < -0.3 is 20.9 Å². The lowest BCUT2D eigenvalue weighted by molar-refractivity contribution is -0.137. The number of anilines is 1. The fourth-order valence-electron chi connectivity index (χ4n) is 5.60. The first-order valence-electron chi connectivity index (χ1n) is 14.2. The first-order valence-corrected chi connectivity index (χ1v) is 14.2. The van der Waals surface area contributed by atoms with Gasteiger partial charge in [-0.15, -0.1) is 0 Å². The SMILES string of the molecule is CCC(=O)N[C@H](Cc1ccc(NC(=O)CC2CCCCC2)cc1)C(=O)N1CCN[C@@H](Cc2ccccc2)C1. The highest BCUT2D eigenvalue weighted by Crippen LogP contribution is 2.26. The van der Waals surface area contributed by atoms with Crippen LogP contribution in [-0.4, -0.2) is 54.3 Å². The molecular weight excluding hydrogens is 476 g/mol. The molecule has 3 N–H and O–H groups in total. The predicted octanol–water partition coefficient (Wildman–Crippen LogP) is 4.08. The molecule has 2 aromatic rings. The molecule has 7 nitrogen and oxygen atoms in total. The van der Waals surface area contributed by atoms with E-state index >= 15 is 0 Å². The smallest absolute Gasteiger partial charge is 0.245 e. The molecule has 0 bridgehead atoms. The van der Waals surface area contributed by atoms with Crippen LogP contribution in [0.2, 0.25) is 0 Å². The second-order valence-electron chi connectivity index (χ2n) is 10.8. The van der Waals surface area contributed by atoms with E-state index < -0.39 is 6.04 Å². The molecule has 38 heavy (non-hydrogen) atoms. The number of piperazine rings is 1. The summed E-state index contributed by atoms with van der Waals surface area (Å²) in [6.07, 6.45) is 8.19. The normalized spacial score (nSPS) is 19.0. The Labute approximate surface area is 226 Å². The van der Waals surface area contributed by atoms with Crippen molar-refractivity contribution in [3.05, 3.63) is 65.7 Å². The molecule has 2 fully saturated rings. The van der Waals surface area contributed by atoms with E-state index in [1.807, 2.05) is 47.4 Å². The number of hydrogen-bond donors (Lipinski definition) is 3. The van der Waals surface area contributed by atoms with Gasteiger partial charge in [0, 0.05) is 50.6 Å². The van der Waals surface area contributed by atoms with Crippen molar-refractivity contribution in [3.63, 3.8) is 0 Å². The van der Waals surface area contributed by atoms with Crippen molar-refractivity contribution < 1.29 is 14.4 Å². The van der Waals surface area contributed by atoms with Crippen LogP contribution in [0.4, 0.5) is 5.69 Å². The average molecular weight is 519 g/mol. The number of nitrogens with zero attached hydrogens (tertiary/aromatic N) is 1. The lowest BCUT2D eigenvalue weighted by Gasteiger charge is -2.36. The number of rotatable bonds is 10. The molecule has 7 heteroatoms. The zero-order chi connectivity index (χ0) is 26.7. The van der Waals surface area contributed by atoms with Crippen LogP contribution in [0.5, 0.6) is 0 Å². The summed E-state index contributed by atoms with van der Waals surface area (Å²) in [4.78, 5) is 40.3.